The number of carbonyl (C=O) groups is 2. The maximum atomic E-state index is 12.4. The molecule has 0 saturated carbocycles. The van der Waals surface area contributed by atoms with Crippen molar-refractivity contribution in [3.8, 4) is 5.75 Å². The van der Waals surface area contributed by atoms with E-state index in [9.17, 15) is 9.59 Å². The fraction of sp³-hybridized carbons (Fsp3) is 0.556. The lowest BCUT2D eigenvalue weighted by Gasteiger charge is -2.44. The SMILES string of the molecule is Cc1ccc2c(c1)C(=O)NC1(CCN(C(=O)OC(C)(C)C)CC1)O2. The normalized spacial score (nSPS) is 19.3. The molecule has 0 aliphatic carbocycles. The molecule has 0 aromatic heterocycles. The number of piperidine rings is 1. The van der Waals surface area contributed by atoms with Crippen LogP contribution in [0.2, 0.25) is 0 Å². The lowest BCUT2D eigenvalue weighted by Crippen LogP contribution is -2.61. The van der Waals surface area contributed by atoms with E-state index in [1.54, 1.807) is 4.90 Å². The molecular weight excluding hydrogens is 308 g/mol. The highest BCUT2D eigenvalue weighted by atomic mass is 16.6. The summed E-state index contributed by atoms with van der Waals surface area (Å²) in [7, 11) is 0. The Morgan fingerprint density at radius 1 is 1.29 bits per heavy atom. The minimum Gasteiger partial charge on any atom is -0.467 e. The standard InChI is InChI=1S/C18H24N2O4/c1-12-5-6-14-13(11-12)15(21)19-18(23-14)7-9-20(10-8-18)16(22)24-17(2,3)4/h5-6,11H,7-10H2,1-4H3,(H,19,21). The van der Waals surface area contributed by atoms with Crippen molar-refractivity contribution in [3.05, 3.63) is 29.3 Å². The molecule has 6 heteroatoms. The Balaban J connectivity index is 1.69. The number of ether oxygens (including phenoxy) is 2. The molecule has 2 amide bonds. The molecule has 0 radical (unpaired) electrons. The van der Waals surface area contributed by atoms with E-state index in [0.29, 0.717) is 37.2 Å². The minimum absolute atomic E-state index is 0.120. The van der Waals surface area contributed by atoms with Crippen LogP contribution >= 0.6 is 0 Å². The van der Waals surface area contributed by atoms with Gasteiger partial charge in [-0.1, -0.05) is 11.6 Å². The molecule has 3 rings (SSSR count). The highest BCUT2D eigenvalue weighted by Crippen LogP contribution is 2.34. The van der Waals surface area contributed by atoms with Gasteiger partial charge >= 0.3 is 6.09 Å². The van der Waals surface area contributed by atoms with E-state index in [2.05, 4.69) is 5.32 Å². The van der Waals surface area contributed by atoms with Crippen molar-refractivity contribution in [2.75, 3.05) is 13.1 Å². The number of aryl methyl sites for hydroxylation is 1. The number of nitrogens with one attached hydrogen (secondary N) is 1. The fourth-order valence-electron chi connectivity index (χ4n) is 3.02. The van der Waals surface area contributed by atoms with Crippen molar-refractivity contribution >= 4 is 12.0 Å². The van der Waals surface area contributed by atoms with Crippen LogP contribution < -0.4 is 10.1 Å². The average molecular weight is 332 g/mol. The summed E-state index contributed by atoms with van der Waals surface area (Å²) in [6.45, 7) is 8.45. The van der Waals surface area contributed by atoms with E-state index in [1.165, 1.54) is 0 Å². The van der Waals surface area contributed by atoms with E-state index >= 15 is 0 Å². The van der Waals surface area contributed by atoms with Gasteiger partial charge in [0.05, 0.1) is 5.56 Å². The van der Waals surface area contributed by atoms with Gasteiger partial charge in [0.25, 0.3) is 5.91 Å². The third-order valence-corrected chi connectivity index (χ3v) is 4.25. The molecule has 24 heavy (non-hydrogen) atoms. The third kappa shape index (κ3) is 3.32. The van der Waals surface area contributed by atoms with Gasteiger partial charge in [-0.15, -0.1) is 0 Å². The molecule has 1 aromatic rings. The van der Waals surface area contributed by atoms with Gasteiger partial charge in [0.1, 0.15) is 11.4 Å². The molecule has 6 nitrogen and oxygen atoms in total. The Hall–Kier alpha value is -2.24. The van der Waals surface area contributed by atoms with Gasteiger partial charge in [-0.05, 0) is 39.8 Å². The number of likely N-dealkylation sites (tertiary alicyclic amines) is 1. The largest absolute Gasteiger partial charge is 0.467 e. The lowest BCUT2D eigenvalue weighted by molar-refractivity contribution is -0.0366. The summed E-state index contributed by atoms with van der Waals surface area (Å²) in [4.78, 5) is 26.2. The van der Waals surface area contributed by atoms with Gasteiger partial charge in [0.15, 0.2) is 5.72 Å². The molecular formula is C18H24N2O4. The van der Waals surface area contributed by atoms with Crippen LogP contribution in [-0.2, 0) is 4.74 Å². The van der Waals surface area contributed by atoms with Crippen molar-refractivity contribution in [1.82, 2.24) is 10.2 Å². The predicted octanol–water partition coefficient (Wildman–Crippen LogP) is 2.84. The van der Waals surface area contributed by atoms with Gasteiger partial charge in [0.2, 0.25) is 0 Å². The van der Waals surface area contributed by atoms with Crippen LogP contribution in [0.4, 0.5) is 4.79 Å². The monoisotopic (exact) mass is 332 g/mol. The Labute approximate surface area is 142 Å². The van der Waals surface area contributed by atoms with E-state index in [1.807, 2.05) is 45.9 Å². The minimum atomic E-state index is -0.738. The highest BCUT2D eigenvalue weighted by Gasteiger charge is 2.43. The summed E-state index contributed by atoms with van der Waals surface area (Å²) in [5.41, 5.74) is 0.328. The zero-order chi connectivity index (χ0) is 17.5. The van der Waals surface area contributed by atoms with Gasteiger partial charge in [-0.25, -0.2) is 4.79 Å². The van der Waals surface area contributed by atoms with E-state index < -0.39 is 11.3 Å². The zero-order valence-electron chi connectivity index (χ0n) is 14.6. The molecule has 1 spiro atoms. The summed E-state index contributed by atoms with van der Waals surface area (Å²) in [6.07, 6.45) is 0.742. The van der Waals surface area contributed by atoms with Gasteiger partial charge in [-0.2, -0.15) is 0 Å². The number of benzene rings is 1. The van der Waals surface area contributed by atoms with E-state index in [-0.39, 0.29) is 12.0 Å². The summed E-state index contributed by atoms with van der Waals surface area (Å²) in [5, 5.41) is 2.98. The van der Waals surface area contributed by atoms with Crippen molar-refractivity contribution in [1.29, 1.82) is 0 Å². The Bertz CT molecular complexity index is 670. The van der Waals surface area contributed by atoms with Crippen molar-refractivity contribution in [2.24, 2.45) is 0 Å². The zero-order valence-corrected chi connectivity index (χ0v) is 14.6. The van der Waals surface area contributed by atoms with Gasteiger partial charge in [-0.3, -0.25) is 4.79 Å². The number of nitrogens with zero attached hydrogens (tertiary/aromatic N) is 1. The first-order valence-electron chi connectivity index (χ1n) is 8.28. The maximum absolute atomic E-state index is 12.4. The molecule has 1 saturated heterocycles. The number of hydrogen-bond donors (Lipinski definition) is 1. The molecule has 0 atom stereocenters. The highest BCUT2D eigenvalue weighted by molar-refractivity contribution is 5.98. The molecule has 1 fully saturated rings. The topological polar surface area (TPSA) is 67.9 Å². The quantitative estimate of drug-likeness (QED) is 0.793. The van der Waals surface area contributed by atoms with Crippen molar-refractivity contribution in [3.63, 3.8) is 0 Å². The molecule has 130 valence electrons. The van der Waals surface area contributed by atoms with Gasteiger partial charge < -0.3 is 19.7 Å². The number of fused-ring (bicyclic) bond motifs is 1. The Morgan fingerprint density at radius 2 is 1.96 bits per heavy atom. The third-order valence-electron chi connectivity index (χ3n) is 4.25. The first-order valence-corrected chi connectivity index (χ1v) is 8.28. The molecule has 1 aromatic carbocycles. The van der Waals surface area contributed by atoms with E-state index in [0.717, 1.165) is 5.56 Å². The molecule has 2 aliphatic rings. The summed E-state index contributed by atoms with van der Waals surface area (Å²) in [6, 6.07) is 5.60. The lowest BCUT2D eigenvalue weighted by atomic mass is 9.96. The number of rotatable bonds is 0. The number of hydrogen-bond acceptors (Lipinski definition) is 4. The molecule has 0 bridgehead atoms. The molecule has 2 heterocycles. The average Bonchev–Trinajstić information content (AvgIpc) is 2.47. The molecule has 2 aliphatic heterocycles. The number of amides is 2. The van der Waals surface area contributed by atoms with Crippen LogP contribution in [0.3, 0.4) is 0 Å². The molecule has 1 N–H and O–H groups in total. The second kappa shape index (κ2) is 5.69. The smallest absolute Gasteiger partial charge is 0.410 e. The van der Waals surface area contributed by atoms with Crippen LogP contribution in [0.5, 0.6) is 5.75 Å². The first-order chi connectivity index (χ1) is 11.2. The van der Waals surface area contributed by atoms with Crippen LogP contribution in [0.1, 0.15) is 49.5 Å². The first kappa shape index (κ1) is 16.6. The van der Waals surface area contributed by atoms with Crippen LogP contribution in [-0.4, -0.2) is 41.3 Å². The van der Waals surface area contributed by atoms with Crippen LogP contribution in [0.25, 0.3) is 0 Å². The van der Waals surface area contributed by atoms with Crippen molar-refractivity contribution < 1.29 is 19.1 Å². The second-order valence-electron chi connectivity index (χ2n) is 7.52. The van der Waals surface area contributed by atoms with Gasteiger partial charge in [0, 0.05) is 25.9 Å². The van der Waals surface area contributed by atoms with Crippen LogP contribution in [0.15, 0.2) is 18.2 Å². The summed E-state index contributed by atoms with van der Waals surface area (Å²) < 4.78 is 11.5. The Kier molecular flexibility index (Phi) is 3.94. The van der Waals surface area contributed by atoms with Crippen molar-refractivity contribution in [2.45, 2.75) is 51.9 Å². The van der Waals surface area contributed by atoms with E-state index in [4.69, 9.17) is 9.47 Å². The number of carbonyl (C=O) groups excluding carboxylic acids is 2. The fourth-order valence-corrected chi connectivity index (χ4v) is 3.02. The Morgan fingerprint density at radius 3 is 2.58 bits per heavy atom. The predicted molar refractivity (Wildman–Crippen MR) is 89.0 cm³/mol. The van der Waals surface area contributed by atoms with Crippen LogP contribution in [0, 0.1) is 6.92 Å². The second-order valence-corrected chi connectivity index (χ2v) is 7.52. The summed E-state index contributed by atoms with van der Waals surface area (Å²) >= 11 is 0. The maximum Gasteiger partial charge on any atom is 0.410 e. The summed E-state index contributed by atoms with van der Waals surface area (Å²) in [5.74, 6) is 0.487. The molecule has 0 unspecified atom stereocenters.